The van der Waals surface area contributed by atoms with Gasteiger partial charge in [0.2, 0.25) is 0 Å². The van der Waals surface area contributed by atoms with Crippen molar-refractivity contribution in [1.29, 1.82) is 0 Å². The fourth-order valence-corrected chi connectivity index (χ4v) is 3.63. The molecule has 0 radical (unpaired) electrons. The van der Waals surface area contributed by atoms with Gasteiger partial charge in [-0.05, 0) is 68.3 Å². The van der Waals surface area contributed by atoms with Gasteiger partial charge in [0, 0.05) is 44.1 Å². The van der Waals surface area contributed by atoms with Crippen molar-refractivity contribution in [2.75, 3.05) is 31.1 Å². The highest BCUT2D eigenvalue weighted by Crippen LogP contribution is 2.20. The molecule has 1 amide bonds. The first-order chi connectivity index (χ1) is 15.0. The predicted molar refractivity (Wildman–Crippen MR) is 120 cm³/mol. The largest absolute Gasteiger partial charge is 0.481 e. The number of benzene rings is 1. The summed E-state index contributed by atoms with van der Waals surface area (Å²) in [5.74, 6) is 1.56. The van der Waals surface area contributed by atoms with E-state index in [-0.39, 0.29) is 5.91 Å². The first kappa shape index (κ1) is 20.8. The van der Waals surface area contributed by atoms with Crippen LogP contribution in [-0.4, -0.2) is 58.3 Å². The second-order valence-electron chi connectivity index (χ2n) is 7.83. The van der Waals surface area contributed by atoms with Crippen molar-refractivity contribution in [1.82, 2.24) is 20.1 Å². The summed E-state index contributed by atoms with van der Waals surface area (Å²) in [5.41, 5.74) is 4.17. The smallest absolute Gasteiger partial charge is 0.263 e. The first-order valence-electron chi connectivity index (χ1n) is 10.5. The minimum Gasteiger partial charge on any atom is -0.481 e. The Bertz CT molecular complexity index is 1030. The van der Waals surface area contributed by atoms with Crippen LogP contribution in [0.5, 0.6) is 5.75 Å². The molecule has 1 unspecified atom stereocenters. The van der Waals surface area contributed by atoms with E-state index in [1.165, 1.54) is 5.56 Å². The normalized spacial score (nSPS) is 14.9. The lowest BCUT2D eigenvalue weighted by Gasteiger charge is -2.36. The standard InChI is InChI=1S/C24H27N5O2/c1-17-4-5-21(16-18(17)2)31-19(3)24(30)29-14-12-28(13-15-29)23-7-6-22(26-27-23)20-8-10-25-11-9-20/h4-11,16,19H,12-15H2,1-3H3. The van der Waals surface area contributed by atoms with Crippen LogP contribution in [0.15, 0.2) is 54.9 Å². The zero-order chi connectivity index (χ0) is 21.8. The summed E-state index contributed by atoms with van der Waals surface area (Å²) in [4.78, 5) is 20.9. The van der Waals surface area contributed by atoms with E-state index >= 15 is 0 Å². The number of aromatic nitrogens is 3. The topological polar surface area (TPSA) is 71.5 Å². The Labute approximate surface area is 182 Å². The molecule has 0 spiro atoms. The van der Waals surface area contributed by atoms with Crippen molar-refractivity contribution in [3.8, 4) is 17.0 Å². The highest BCUT2D eigenvalue weighted by molar-refractivity contribution is 5.81. The molecule has 0 bridgehead atoms. The number of piperazine rings is 1. The van der Waals surface area contributed by atoms with E-state index in [0.29, 0.717) is 26.2 Å². The molecular formula is C24H27N5O2. The predicted octanol–water partition coefficient (Wildman–Crippen LogP) is 3.27. The first-order valence-corrected chi connectivity index (χ1v) is 10.5. The minimum atomic E-state index is -0.520. The molecule has 160 valence electrons. The van der Waals surface area contributed by atoms with E-state index in [9.17, 15) is 4.79 Å². The Morgan fingerprint density at radius 1 is 0.935 bits per heavy atom. The van der Waals surface area contributed by atoms with Crippen molar-refractivity contribution < 1.29 is 9.53 Å². The number of nitrogens with zero attached hydrogens (tertiary/aromatic N) is 5. The van der Waals surface area contributed by atoms with Gasteiger partial charge in [0.1, 0.15) is 5.75 Å². The van der Waals surface area contributed by atoms with Crippen molar-refractivity contribution in [2.24, 2.45) is 0 Å². The van der Waals surface area contributed by atoms with Crippen molar-refractivity contribution in [2.45, 2.75) is 26.9 Å². The highest BCUT2D eigenvalue weighted by atomic mass is 16.5. The molecule has 3 heterocycles. The van der Waals surface area contributed by atoms with E-state index in [0.717, 1.165) is 28.4 Å². The Morgan fingerprint density at radius 2 is 1.68 bits per heavy atom. The number of ether oxygens (including phenoxy) is 1. The molecule has 1 saturated heterocycles. The average molecular weight is 418 g/mol. The highest BCUT2D eigenvalue weighted by Gasteiger charge is 2.26. The minimum absolute atomic E-state index is 0.0111. The quantitative estimate of drug-likeness (QED) is 0.635. The molecule has 31 heavy (non-hydrogen) atoms. The van der Waals surface area contributed by atoms with E-state index < -0.39 is 6.10 Å². The van der Waals surface area contributed by atoms with E-state index in [1.807, 2.05) is 61.2 Å². The number of carbonyl (C=O) groups is 1. The summed E-state index contributed by atoms with van der Waals surface area (Å²) in [7, 11) is 0. The van der Waals surface area contributed by atoms with Gasteiger partial charge in [-0.25, -0.2) is 0 Å². The van der Waals surface area contributed by atoms with Crippen LogP contribution in [-0.2, 0) is 4.79 Å². The molecule has 7 nitrogen and oxygen atoms in total. The Hall–Kier alpha value is -3.48. The maximum Gasteiger partial charge on any atom is 0.263 e. The summed E-state index contributed by atoms with van der Waals surface area (Å²) in [6.45, 7) is 8.61. The molecule has 1 fully saturated rings. The fourth-order valence-electron chi connectivity index (χ4n) is 3.63. The van der Waals surface area contributed by atoms with Gasteiger partial charge >= 0.3 is 0 Å². The number of amides is 1. The van der Waals surface area contributed by atoms with Crippen LogP contribution in [0.2, 0.25) is 0 Å². The zero-order valence-corrected chi connectivity index (χ0v) is 18.2. The van der Waals surface area contributed by atoms with Gasteiger partial charge in [0.25, 0.3) is 5.91 Å². The van der Waals surface area contributed by atoms with Crippen LogP contribution in [0.1, 0.15) is 18.1 Å². The number of carbonyl (C=O) groups excluding carboxylic acids is 1. The molecule has 0 saturated carbocycles. The number of hydrogen-bond acceptors (Lipinski definition) is 6. The number of aryl methyl sites for hydroxylation is 2. The lowest BCUT2D eigenvalue weighted by Crippen LogP contribution is -2.52. The molecule has 3 aromatic rings. The Balaban J connectivity index is 1.32. The van der Waals surface area contributed by atoms with Crippen molar-refractivity contribution >= 4 is 11.7 Å². The summed E-state index contributed by atoms with van der Waals surface area (Å²) < 4.78 is 5.90. The summed E-state index contributed by atoms with van der Waals surface area (Å²) in [5, 5.41) is 8.73. The Morgan fingerprint density at radius 3 is 2.32 bits per heavy atom. The fraction of sp³-hybridized carbons (Fsp3) is 0.333. The monoisotopic (exact) mass is 417 g/mol. The van der Waals surface area contributed by atoms with Gasteiger partial charge in [-0.15, -0.1) is 10.2 Å². The molecule has 1 aliphatic rings. The molecule has 1 atom stereocenters. The van der Waals surface area contributed by atoms with Gasteiger partial charge in [-0.2, -0.15) is 0 Å². The number of rotatable bonds is 5. The average Bonchev–Trinajstić information content (AvgIpc) is 2.82. The molecule has 2 aromatic heterocycles. The van der Waals surface area contributed by atoms with Crippen LogP contribution in [0.4, 0.5) is 5.82 Å². The van der Waals surface area contributed by atoms with E-state index in [1.54, 1.807) is 12.4 Å². The third-order valence-corrected chi connectivity index (χ3v) is 5.68. The molecule has 0 N–H and O–H groups in total. The maximum absolute atomic E-state index is 12.8. The molecule has 7 heteroatoms. The van der Waals surface area contributed by atoms with Crippen LogP contribution in [0.25, 0.3) is 11.3 Å². The van der Waals surface area contributed by atoms with Crippen molar-refractivity contribution in [3.05, 3.63) is 66.0 Å². The van der Waals surface area contributed by atoms with Gasteiger partial charge in [-0.1, -0.05) is 6.07 Å². The van der Waals surface area contributed by atoms with Crippen LogP contribution < -0.4 is 9.64 Å². The number of hydrogen-bond donors (Lipinski definition) is 0. The van der Waals surface area contributed by atoms with Gasteiger partial charge < -0.3 is 14.5 Å². The van der Waals surface area contributed by atoms with E-state index in [4.69, 9.17) is 4.74 Å². The molecule has 1 aliphatic heterocycles. The lowest BCUT2D eigenvalue weighted by molar-refractivity contribution is -0.138. The molecular weight excluding hydrogens is 390 g/mol. The summed E-state index contributed by atoms with van der Waals surface area (Å²) in [6, 6.07) is 13.7. The van der Waals surface area contributed by atoms with Crippen LogP contribution in [0.3, 0.4) is 0 Å². The molecule has 0 aliphatic carbocycles. The van der Waals surface area contributed by atoms with Gasteiger partial charge in [-0.3, -0.25) is 9.78 Å². The van der Waals surface area contributed by atoms with Gasteiger partial charge in [0.15, 0.2) is 11.9 Å². The van der Waals surface area contributed by atoms with Crippen molar-refractivity contribution in [3.63, 3.8) is 0 Å². The molecule has 4 rings (SSSR count). The number of anilines is 1. The van der Waals surface area contributed by atoms with Crippen LogP contribution >= 0.6 is 0 Å². The second kappa shape index (κ2) is 9.12. The second-order valence-corrected chi connectivity index (χ2v) is 7.83. The summed E-state index contributed by atoms with van der Waals surface area (Å²) in [6.07, 6.45) is 2.96. The third-order valence-electron chi connectivity index (χ3n) is 5.68. The third kappa shape index (κ3) is 4.82. The van der Waals surface area contributed by atoms with Gasteiger partial charge in [0.05, 0.1) is 5.69 Å². The lowest BCUT2D eigenvalue weighted by atomic mass is 10.1. The van der Waals surface area contributed by atoms with E-state index in [2.05, 4.69) is 27.0 Å². The summed E-state index contributed by atoms with van der Waals surface area (Å²) >= 11 is 0. The zero-order valence-electron chi connectivity index (χ0n) is 18.2. The molecule has 1 aromatic carbocycles. The SMILES string of the molecule is Cc1ccc(OC(C)C(=O)N2CCN(c3ccc(-c4ccncc4)nn3)CC2)cc1C. The maximum atomic E-state index is 12.8. The number of pyridine rings is 1. The van der Waals surface area contributed by atoms with Crippen LogP contribution in [0, 0.1) is 13.8 Å². The Kier molecular flexibility index (Phi) is 6.11.